The molecule has 0 aliphatic heterocycles. The number of carboxylic acids is 1. The number of aliphatic carboxylic acids is 1. The molecular weight excluding hydrogens is 158 g/mol. The van der Waals surface area contributed by atoms with Crippen LogP contribution in [-0.2, 0) is 4.79 Å². The summed E-state index contributed by atoms with van der Waals surface area (Å²) in [6.07, 6.45) is -5.56. The van der Waals surface area contributed by atoms with Crippen molar-refractivity contribution in [2.75, 3.05) is 26.9 Å². The van der Waals surface area contributed by atoms with E-state index in [1.165, 1.54) is 0 Å². The molecule has 0 aromatic rings. The summed E-state index contributed by atoms with van der Waals surface area (Å²) in [7, 11) is 0. The summed E-state index contributed by atoms with van der Waals surface area (Å²) in [5.41, 5.74) is 0. The number of likely N-dealkylation sites (N-methyl/N-ethyl adjacent to an activating group) is 1. The van der Waals surface area contributed by atoms with Crippen LogP contribution in [-0.4, -0.2) is 48.6 Å². The Kier molecular flexibility index (Phi) is 0.991. The van der Waals surface area contributed by atoms with Crippen LogP contribution in [0.5, 0.6) is 0 Å². The molecule has 1 atom stereocenters. The van der Waals surface area contributed by atoms with Gasteiger partial charge in [-0.25, -0.2) is 0 Å². The number of nitrogens with zero attached hydrogens (tertiary/aromatic N) is 1. The fourth-order valence-corrected chi connectivity index (χ4v) is 0.426. The summed E-state index contributed by atoms with van der Waals surface area (Å²) in [6, 6.07) is 0. The minimum atomic E-state index is -4.07. The smallest absolute Gasteiger partial charge is 0.108 e. The predicted molar refractivity (Wildman–Crippen MR) is 43.1 cm³/mol. The Morgan fingerprint density at radius 2 is 2.50 bits per heavy atom. The third-order valence-corrected chi connectivity index (χ3v) is 0.944. The van der Waals surface area contributed by atoms with Crippen LogP contribution in [0, 0.1) is 0 Å². The molecule has 0 bridgehead atoms. The summed E-state index contributed by atoms with van der Waals surface area (Å²) in [5, 5.41) is 20.4. The van der Waals surface area contributed by atoms with Gasteiger partial charge in [-0.1, -0.05) is 0 Å². The van der Waals surface area contributed by atoms with E-state index >= 15 is 0 Å². The van der Waals surface area contributed by atoms with Crippen molar-refractivity contribution in [3.63, 3.8) is 0 Å². The number of rotatable bonds is 5. The molecule has 72 valence electrons. The third-order valence-electron chi connectivity index (χ3n) is 0.944. The lowest BCUT2D eigenvalue weighted by atomic mass is 10.2. The Morgan fingerprint density at radius 1 is 1.92 bits per heavy atom. The molecule has 4 heteroatoms. The zero-order valence-electron chi connectivity index (χ0n) is 17.4. The Labute approximate surface area is 88.5 Å². The van der Waals surface area contributed by atoms with Crippen LogP contribution >= 0.6 is 0 Å². The van der Waals surface area contributed by atoms with Crippen molar-refractivity contribution < 1.29 is 34.6 Å². The maximum absolute atomic E-state index is 10.6. The zero-order valence-corrected chi connectivity index (χ0v) is 6.42. The molecule has 0 amide bonds. The number of carbonyl (C=O) groups is 1. The molecule has 0 aliphatic carbocycles. The monoisotopic (exact) mass is 186 g/mol. The maximum atomic E-state index is 10.6. The average molecular weight is 186 g/mol. The van der Waals surface area contributed by atoms with Crippen LogP contribution in [0.1, 0.15) is 28.4 Å². The summed E-state index contributed by atoms with van der Waals surface area (Å²) in [4.78, 5) is 10.6. The second kappa shape index (κ2) is 4.42. The molecule has 0 unspecified atom stereocenters. The fraction of sp³-hybridized carbons (Fsp3) is 0.875. The molecule has 0 heterocycles. The molecular formula is C8H17NO3. The fourth-order valence-electron chi connectivity index (χ4n) is 0.426. The number of quaternary nitrogens is 1. The largest absolute Gasteiger partial charge is 0.550 e. The molecule has 0 aliphatic rings. The van der Waals surface area contributed by atoms with E-state index in [-0.39, 0.29) is 0 Å². The number of hydrogen-bond acceptors (Lipinski definition) is 3. The van der Waals surface area contributed by atoms with Crippen LogP contribution in [0.3, 0.4) is 0 Å². The summed E-state index contributed by atoms with van der Waals surface area (Å²) in [6.45, 7) is -14.8. The topological polar surface area (TPSA) is 60.4 Å². The standard InChI is InChI=1S/C8H17NO3/c1-4-9(2,3)6-7(10)5-8(11)12/h7,10H,4-6H2,1-3H3/t7-/m1/s1/i2D3,3D3,4D2,6D2,7D. The van der Waals surface area contributed by atoms with Crippen molar-refractivity contribution in [2.24, 2.45) is 0 Å². The first-order valence-electron chi connectivity index (χ1n) is 8.48. The molecule has 0 aromatic heterocycles. The van der Waals surface area contributed by atoms with E-state index in [4.69, 9.17) is 15.1 Å². The average Bonchev–Trinajstić information content (AvgIpc) is 2.05. The Hall–Kier alpha value is -0.610. The molecule has 0 rings (SSSR count). The quantitative estimate of drug-likeness (QED) is 0.536. The Balaban J connectivity index is 6.89. The first-order valence-corrected chi connectivity index (χ1v) is 2.98. The van der Waals surface area contributed by atoms with Gasteiger partial charge in [-0.05, 0) is 6.92 Å². The summed E-state index contributed by atoms with van der Waals surface area (Å²) >= 11 is 0. The van der Waals surface area contributed by atoms with E-state index in [1.807, 2.05) is 0 Å². The van der Waals surface area contributed by atoms with Gasteiger partial charge in [0.05, 0.1) is 35.5 Å². The molecule has 0 spiro atoms. The minimum Gasteiger partial charge on any atom is -0.550 e. The van der Waals surface area contributed by atoms with Gasteiger partial charge in [-0.3, -0.25) is 0 Å². The van der Waals surface area contributed by atoms with Gasteiger partial charge >= 0.3 is 0 Å². The van der Waals surface area contributed by atoms with E-state index in [0.717, 1.165) is 0 Å². The van der Waals surface area contributed by atoms with Crippen LogP contribution in [0.4, 0.5) is 0 Å². The van der Waals surface area contributed by atoms with E-state index in [0.29, 0.717) is 6.92 Å². The van der Waals surface area contributed by atoms with E-state index in [1.54, 1.807) is 0 Å². The number of carbonyl (C=O) groups excluding carboxylic acids is 1. The summed E-state index contributed by atoms with van der Waals surface area (Å²) in [5.74, 6) is -2.14. The highest BCUT2D eigenvalue weighted by Gasteiger charge is 2.17. The van der Waals surface area contributed by atoms with E-state index in [9.17, 15) is 15.0 Å². The van der Waals surface area contributed by atoms with Crippen LogP contribution in [0.25, 0.3) is 0 Å². The normalized spacial score (nSPS) is 35.0. The van der Waals surface area contributed by atoms with E-state index in [2.05, 4.69) is 0 Å². The maximum Gasteiger partial charge on any atom is 0.108 e. The van der Waals surface area contributed by atoms with Gasteiger partial charge in [0.25, 0.3) is 0 Å². The van der Waals surface area contributed by atoms with Crippen LogP contribution < -0.4 is 5.11 Å². The predicted octanol–water partition coefficient (Wildman–Crippen LogP) is -1.42. The minimum absolute atomic E-state index is 0.457. The first-order chi connectivity index (χ1) is 9.67. The Morgan fingerprint density at radius 3 is 2.83 bits per heavy atom. The Bertz CT molecular complexity index is 425. The van der Waals surface area contributed by atoms with Crippen molar-refractivity contribution in [1.82, 2.24) is 0 Å². The van der Waals surface area contributed by atoms with Crippen LogP contribution in [0.2, 0.25) is 0 Å². The highest BCUT2D eigenvalue weighted by molar-refractivity contribution is 5.64. The highest BCUT2D eigenvalue weighted by Crippen LogP contribution is 2.01. The van der Waals surface area contributed by atoms with Gasteiger partial charge in [0, 0.05) is 12.4 Å². The molecule has 0 saturated heterocycles. The molecule has 0 radical (unpaired) electrons. The van der Waals surface area contributed by atoms with Gasteiger partial charge in [0.15, 0.2) is 0 Å². The van der Waals surface area contributed by atoms with Crippen molar-refractivity contribution in [3.8, 4) is 0 Å². The van der Waals surface area contributed by atoms with Crippen LogP contribution in [0.15, 0.2) is 0 Å². The second-order valence-corrected chi connectivity index (χ2v) is 2.00. The number of carboxylic acid groups (broad SMARTS) is 1. The lowest BCUT2D eigenvalue weighted by Crippen LogP contribution is -2.46. The number of aliphatic hydroxyl groups is 1. The van der Waals surface area contributed by atoms with Gasteiger partial charge in [-0.2, -0.15) is 0 Å². The highest BCUT2D eigenvalue weighted by atomic mass is 16.4. The van der Waals surface area contributed by atoms with Crippen molar-refractivity contribution in [2.45, 2.75) is 19.4 Å². The lowest BCUT2D eigenvalue weighted by molar-refractivity contribution is -0.891. The lowest BCUT2D eigenvalue weighted by Gasteiger charge is -2.30. The van der Waals surface area contributed by atoms with Gasteiger partial charge in [0.1, 0.15) is 12.6 Å². The molecule has 4 nitrogen and oxygen atoms in total. The summed E-state index contributed by atoms with van der Waals surface area (Å²) < 4.78 is 79.4. The van der Waals surface area contributed by atoms with Gasteiger partial charge in [-0.15, -0.1) is 0 Å². The van der Waals surface area contributed by atoms with Crippen molar-refractivity contribution in [3.05, 3.63) is 0 Å². The zero-order chi connectivity index (χ0) is 19.3. The van der Waals surface area contributed by atoms with Gasteiger partial charge < -0.3 is 19.5 Å². The molecule has 0 saturated carbocycles. The molecule has 12 heavy (non-hydrogen) atoms. The molecule has 1 N–H and O–H groups in total. The number of hydrogen-bond donors (Lipinski definition) is 1. The second-order valence-electron chi connectivity index (χ2n) is 2.00. The van der Waals surface area contributed by atoms with Crippen molar-refractivity contribution >= 4 is 5.97 Å². The molecule has 0 aromatic carbocycles. The SMILES string of the molecule is [2H]C([2H])([2H])[N+](C([2H])([2H])[2H])(C([2H])([2H])C)C([2H])([2H])[C@]([2H])(O)CC(=O)[O-]. The van der Waals surface area contributed by atoms with Crippen molar-refractivity contribution in [1.29, 1.82) is 0 Å². The van der Waals surface area contributed by atoms with E-state index < -0.39 is 49.9 Å². The van der Waals surface area contributed by atoms with Gasteiger partial charge in [0.2, 0.25) is 0 Å². The molecule has 0 fully saturated rings. The first kappa shape index (κ1) is 2.69. The third kappa shape index (κ3) is 5.09.